The summed E-state index contributed by atoms with van der Waals surface area (Å²) in [4.78, 5) is 12.7. The Morgan fingerprint density at radius 3 is 2.56 bits per heavy atom. The fraction of sp³-hybridized carbons (Fsp3) is 0.318. The maximum atomic E-state index is 12.8. The molecule has 10 heteroatoms. The number of amides is 1. The van der Waals surface area contributed by atoms with Crippen LogP contribution in [0.5, 0.6) is 0 Å². The Morgan fingerprint density at radius 2 is 1.88 bits per heavy atom. The highest BCUT2D eigenvalue weighted by molar-refractivity contribution is 7.88. The van der Waals surface area contributed by atoms with Gasteiger partial charge >= 0.3 is 0 Å². The third kappa shape index (κ3) is 5.53. The minimum Gasteiger partial charge on any atom is -0.300 e. The summed E-state index contributed by atoms with van der Waals surface area (Å²) in [5, 5.41) is 12.8. The number of carbonyl (C=O) groups excluding carboxylic acids is 1. The Labute approximate surface area is 196 Å². The monoisotopic (exact) mass is 490 g/mol. The number of rotatable bonds is 6. The zero-order valence-corrected chi connectivity index (χ0v) is 19.9. The number of hydrogen-bond donors (Lipinski definition) is 1. The van der Waals surface area contributed by atoms with Crippen molar-refractivity contribution in [2.24, 2.45) is 5.92 Å². The van der Waals surface area contributed by atoms with Crippen molar-refractivity contribution in [2.75, 3.05) is 18.4 Å². The van der Waals surface area contributed by atoms with E-state index in [2.05, 4.69) is 15.5 Å². The molecule has 2 heterocycles. The topological polar surface area (TPSA) is 92.3 Å². The van der Waals surface area contributed by atoms with E-state index in [4.69, 9.17) is 11.6 Å². The van der Waals surface area contributed by atoms with E-state index in [0.29, 0.717) is 41.1 Å². The molecular formula is C22H23ClN4O3S2. The lowest BCUT2D eigenvalue weighted by Gasteiger charge is -2.30. The summed E-state index contributed by atoms with van der Waals surface area (Å²) in [5.41, 5.74) is 2.68. The quantitative estimate of drug-likeness (QED) is 0.554. The van der Waals surface area contributed by atoms with Crippen LogP contribution in [0.1, 0.15) is 24.0 Å². The summed E-state index contributed by atoms with van der Waals surface area (Å²) < 4.78 is 27.1. The molecule has 0 unspecified atom stereocenters. The van der Waals surface area contributed by atoms with Gasteiger partial charge in [0.05, 0.1) is 5.75 Å². The number of hydrogen-bond acceptors (Lipinski definition) is 6. The molecule has 1 amide bonds. The molecule has 1 saturated heterocycles. The highest BCUT2D eigenvalue weighted by Crippen LogP contribution is 2.29. The number of aromatic nitrogens is 2. The van der Waals surface area contributed by atoms with Crippen molar-refractivity contribution in [2.45, 2.75) is 25.5 Å². The first kappa shape index (κ1) is 22.8. The molecule has 168 valence electrons. The fourth-order valence-corrected chi connectivity index (χ4v) is 6.12. The van der Waals surface area contributed by atoms with Crippen LogP contribution < -0.4 is 5.32 Å². The molecule has 7 nitrogen and oxygen atoms in total. The Bertz CT molecular complexity index is 1200. The van der Waals surface area contributed by atoms with Gasteiger partial charge in [-0.05, 0) is 37.5 Å². The smallest absolute Gasteiger partial charge is 0.229 e. The number of carbonyl (C=O) groups is 1. The molecule has 2 aromatic carbocycles. The number of benzene rings is 2. The Balaban J connectivity index is 1.32. The van der Waals surface area contributed by atoms with Crippen LogP contribution in [0.2, 0.25) is 5.02 Å². The molecule has 1 N–H and O–H groups in total. The average molecular weight is 491 g/mol. The molecule has 0 aliphatic carbocycles. The van der Waals surface area contributed by atoms with Crippen LogP contribution in [0, 0.1) is 12.8 Å². The largest absolute Gasteiger partial charge is 0.300 e. The molecular weight excluding hydrogens is 468 g/mol. The van der Waals surface area contributed by atoms with E-state index in [1.54, 1.807) is 12.1 Å². The number of nitrogens with zero attached hydrogens (tertiary/aromatic N) is 3. The Kier molecular flexibility index (Phi) is 6.90. The van der Waals surface area contributed by atoms with Crippen LogP contribution in [0.3, 0.4) is 0 Å². The minimum absolute atomic E-state index is 0.0240. The zero-order chi connectivity index (χ0) is 22.7. The molecule has 0 spiro atoms. The van der Waals surface area contributed by atoms with Gasteiger partial charge in [-0.15, -0.1) is 10.2 Å². The molecule has 1 aromatic heterocycles. The summed E-state index contributed by atoms with van der Waals surface area (Å²) in [6.45, 7) is 2.60. The fourth-order valence-electron chi connectivity index (χ4n) is 3.69. The number of aryl methyl sites for hydroxylation is 1. The molecule has 1 fully saturated rings. The first-order valence-electron chi connectivity index (χ1n) is 10.2. The normalized spacial score (nSPS) is 15.6. The summed E-state index contributed by atoms with van der Waals surface area (Å²) in [5.74, 6) is -0.438. The molecule has 4 rings (SSSR count). The SMILES string of the molecule is Cc1cccc(CS(=O)(=O)N2CCC(C(=O)Nc3nnc(-c4ccc(Cl)cc4)s3)CC2)c1. The summed E-state index contributed by atoms with van der Waals surface area (Å²) in [7, 11) is -3.42. The first-order valence-corrected chi connectivity index (χ1v) is 13.0. The third-order valence-corrected chi connectivity index (χ3v) is 8.39. The van der Waals surface area contributed by atoms with Crippen molar-refractivity contribution in [3.8, 4) is 10.6 Å². The summed E-state index contributed by atoms with van der Waals surface area (Å²) in [6.07, 6.45) is 0.948. The Morgan fingerprint density at radius 1 is 1.16 bits per heavy atom. The lowest BCUT2D eigenvalue weighted by atomic mass is 9.97. The van der Waals surface area contributed by atoms with Crippen molar-refractivity contribution in [1.82, 2.24) is 14.5 Å². The second-order valence-corrected chi connectivity index (χ2v) is 11.2. The van der Waals surface area contributed by atoms with Gasteiger partial charge in [-0.2, -0.15) is 0 Å². The van der Waals surface area contributed by atoms with Crippen LogP contribution in [0.4, 0.5) is 5.13 Å². The van der Waals surface area contributed by atoms with Crippen molar-refractivity contribution < 1.29 is 13.2 Å². The van der Waals surface area contributed by atoms with E-state index in [0.717, 1.165) is 16.7 Å². The van der Waals surface area contributed by atoms with E-state index in [1.807, 2.05) is 43.3 Å². The highest BCUT2D eigenvalue weighted by atomic mass is 35.5. The highest BCUT2D eigenvalue weighted by Gasteiger charge is 2.31. The predicted octanol–water partition coefficient (Wildman–Crippen LogP) is 4.35. The molecule has 0 bridgehead atoms. The van der Waals surface area contributed by atoms with Crippen molar-refractivity contribution in [1.29, 1.82) is 0 Å². The maximum Gasteiger partial charge on any atom is 0.229 e. The standard InChI is InChI=1S/C22H23ClN4O3S2/c1-15-3-2-4-16(13-15)14-32(29,30)27-11-9-17(10-12-27)20(28)24-22-26-25-21(31-22)18-5-7-19(23)8-6-18/h2-8,13,17H,9-12,14H2,1H3,(H,24,26,28). The molecule has 0 radical (unpaired) electrons. The summed E-state index contributed by atoms with van der Waals surface area (Å²) in [6, 6.07) is 14.8. The molecule has 0 atom stereocenters. The molecule has 0 saturated carbocycles. The Hall–Kier alpha value is -2.33. The minimum atomic E-state index is -3.42. The number of halogens is 1. The predicted molar refractivity (Wildman–Crippen MR) is 127 cm³/mol. The number of nitrogens with one attached hydrogen (secondary N) is 1. The van der Waals surface area contributed by atoms with Crippen LogP contribution in [-0.4, -0.2) is 41.9 Å². The van der Waals surface area contributed by atoms with Crippen LogP contribution in [0.15, 0.2) is 48.5 Å². The van der Waals surface area contributed by atoms with E-state index in [9.17, 15) is 13.2 Å². The van der Waals surface area contributed by atoms with Gasteiger partial charge in [0.2, 0.25) is 21.1 Å². The second-order valence-electron chi connectivity index (χ2n) is 7.83. The number of sulfonamides is 1. The number of piperidine rings is 1. The van der Waals surface area contributed by atoms with Crippen molar-refractivity contribution in [3.63, 3.8) is 0 Å². The molecule has 1 aliphatic heterocycles. The van der Waals surface area contributed by atoms with E-state index in [1.165, 1.54) is 15.6 Å². The van der Waals surface area contributed by atoms with Gasteiger partial charge in [-0.3, -0.25) is 4.79 Å². The summed E-state index contributed by atoms with van der Waals surface area (Å²) >= 11 is 7.20. The van der Waals surface area contributed by atoms with Gasteiger partial charge in [0.15, 0.2) is 0 Å². The van der Waals surface area contributed by atoms with Gasteiger partial charge in [0.25, 0.3) is 0 Å². The molecule has 1 aliphatic rings. The van der Waals surface area contributed by atoms with Gasteiger partial charge in [-0.25, -0.2) is 12.7 Å². The van der Waals surface area contributed by atoms with E-state index < -0.39 is 10.0 Å². The van der Waals surface area contributed by atoms with Crippen molar-refractivity contribution in [3.05, 3.63) is 64.7 Å². The lowest BCUT2D eigenvalue weighted by Crippen LogP contribution is -2.41. The first-order chi connectivity index (χ1) is 15.3. The van der Waals surface area contributed by atoms with Crippen LogP contribution in [0.25, 0.3) is 10.6 Å². The van der Waals surface area contributed by atoms with Gasteiger partial charge in [0.1, 0.15) is 5.01 Å². The second kappa shape index (κ2) is 9.66. The van der Waals surface area contributed by atoms with Crippen LogP contribution in [-0.2, 0) is 20.6 Å². The third-order valence-electron chi connectivity index (χ3n) is 5.40. The molecule has 32 heavy (non-hydrogen) atoms. The van der Waals surface area contributed by atoms with Crippen LogP contribution >= 0.6 is 22.9 Å². The molecule has 3 aromatic rings. The number of anilines is 1. The zero-order valence-electron chi connectivity index (χ0n) is 17.5. The van der Waals surface area contributed by atoms with E-state index in [-0.39, 0.29) is 17.6 Å². The maximum absolute atomic E-state index is 12.8. The van der Waals surface area contributed by atoms with Gasteiger partial charge in [0, 0.05) is 29.6 Å². The van der Waals surface area contributed by atoms with Gasteiger partial charge in [-0.1, -0.05) is 64.9 Å². The van der Waals surface area contributed by atoms with Crippen molar-refractivity contribution >= 4 is 44.0 Å². The average Bonchev–Trinajstić information content (AvgIpc) is 3.22. The lowest BCUT2D eigenvalue weighted by molar-refractivity contribution is -0.120. The van der Waals surface area contributed by atoms with Gasteiger partial charge < -0.3 is 5.32 Å². The van der Waals surface area contributed by atoms with E-state index >= 15 is 0 Å².